The van der Waals surface area contributed by atoms with E-state index in [0.29, 0.717) is 22.8 Å². The molecular formula is C24H25ClN4O2S. The molecule has 1 aliphatic heterocycles. The summed E-state index contributed by atoms with van der Waals surface area (Å²) in [5.74, 6) is 0.775. The average Bonchev–Trinajstić information content (AvgIpc) is 3.31. The van der Waals surface area contributed by atoms with Gasteiger partial charge in [-0.25, -0.2) is 0 Å². The molecule has 2 aromatic carbocycles. The first kappa shape index (κ1) is 21.5. The normalized spacial score (nSPS) is 19.1. The van der Waals surface area contributed by atoms with Crippen LogP contribution >= 0.6 is 23.4 Å². The Hall–Kier alpha value is -2.35. The molecule has 166 valence electrons. The number of carbonyl (C=O) groups excluding carboxylic acids is 1. The maximum Gasteiger partial charge on any atom is 0.238 e. The predicted octanol–water partition coefficient (Wildman–Crippen LogP) is 4.89. The molecule has 8 heteroatoms. The molecule has 2 fully saturated rings. The van der Waals surface area contributed by atoms with Gasteiger partial charge in [0.2, 0.25) is 5.91 Å². The van der Waals surface area contributed by atoms with Crippen molar-refractivity contribution in [2.45, 2.75) is 54.8 Å². The minimum Gasteiger partial charge on any atom is -0.376 e. The van der Waals surface area contributed by atoms with Crippen LogP contribution in [0.25, 0.3) is 11.4 Å². The summed E-state index contributed by atoms with van der Waals surface area (Å²) in [6.45, 7) is 1.43. The number of benzene rings is 2. The standard InChI is InChI=1S/C24H25ClN4O2S/c25-18-10-8-17(9-11-18)22-27-28-24(29(22)15-20-7-4-14-31-20)32-21(16-5-2-1-3-6-16)23(30)26-19-12-13-19/h1-3,5-6,8-11,19-21H,4,7,12-15H2,(H,26,30)/t20-,21-/m1/s1. The predicted molar refractivity (Wildman–Crippen MR) is 126 cm³/mol. The number of rotatable bonds is 8. The van der Waals surface area contributed by atoms with Gasteiger partial charge in [0.25, 0.3) is 0 Å². The Labute approximate surface area is 196 Å². The second-order valence-corrected chi connectivity index (χ2v) is 9.76. The molecular weight excluding hydrogens is 444 g/mol. The first-order chi connectivity index (χ1) is 15.7. The molecule has 1 N–H and O–H groups in total. The number of aromatic nitrogens is 3. The fraction of sp³-hybridized carbons (Fsp3) is 0.375. The van der Waals surface area contributed by atoms with Crippen LogP contribution in [0.5, 0.6) is 0 Å². The van der Waals surface area contributed by atoms with Crippen LogP contribution in [0.15, 0.2) is 59.8 Å². The molecule has 3 aromatic rings. The van der Waals surface area contributed by atoms with E-state index in [1.165, 1.54) is 11.8 Å². The van der Waals surface area contributed by atoms with Crippen molar-refractivity contribution in [2.75, 3.05) is 6.61 Å². The molecule has 5 rings (SSSR count). The molecule has 1 aliphatic carbocycles. The van der Waals surface area contributed by atoms with Gasteiger partial charge in [-0.2, -0.15) is 0 Å². The van der Waals surface area contributed by atoms with E-state index in [4.69, 9.17) is 16.3 Å². The number of nitrogens with one attached hydrogen (secondary N) is 1. The molecule has 2 atom stereocenters. The summed E-state index contributed by atoms with van der Waals surface area (Å²) in [6, 6.07) is 17.8. The van der Waals surface area contributed by atoms with Gasteiger partial charge < -0.3 is 10.1 Å². The average molecular weight is 469 g/mol. The van der Waals surface area contributed by atoms with E-state index in [9.17, 15) is 4.79 Å². The number of nitrogens with zero attached hydrogens (tertiary/aromatic N) is 3. The zero-order chi connectivity index (χ0) is 21.9. The summed E-state index contributed by atoms with van der Waals surface area (Å²) in [4.78, 5) is 13.1. The van der Waals surface area contributed by atoms with Gasteiger partial charge in [0, 0.05) is 23.2 Å². The lowest BCUT2D eigenvalue weighted by molar-refractivity contribution is -0.120. The Kier molecular flexibility index (Phi) is 6.48. The second kappa shape index (κ2) is 9.65. The van der Waals surface area contributed by atoms with Crippen LogP contribution in [0.2, 0.25) is 5.02 Å². The van der Waals surface area contributed by atoms with Crippen molar-refractivity contribution in [3.8, 4) is 11.4 Å². The maximum atomic E-state index is 13.1. The van der Waals surface area contributed by atoms with Gasteiger partial charge in [-0.3, -0.25) is 9.36 Å². The molecule has 32 heavy (non-hydrogen) atoms. The Morgan fingerprint density at radius 3 is 2.59 bits per heavy atom. The van der Waals surface area contributed by atoms with Gasteiger partial charge in [0.15, 0.2) is 11.0 Å². The van der Waals surface area contributed by atoms with Crippen LogP contribution < -0.4 is 5.32 Å². The first-order valence-electron chi connectivity index (χ1n) is 11.0. The lowest BCUT2D eigenvalue weighted by Gasteiger charge is -2.19. The lowest BCUT2D eigenvalue weighted by atomic mass is 10.1. The highest BCUT2D eigenvalue weighted by Crippen LogP contribution is 2.37. The van der Waals surface area contributed by atoms with Gasteiger partial charge in [-0.15, -0.1) is 10.2 Å². The largest absolute Gasteiger partial charge is 0.376 e. The lowest BCUT2D eigenvalue weighted by Crippen LogP contribution is -2.30. The fourth-order valence-corrected chi connectivity index (χ4v) is 5.04. The summed E-state index contributed by atoms with van der Waals surface area (Å²) < 4.78 is 7.99. The Bertz CT molecular complexity index is 1060. The van der Waals surface area contributed by atoms with Crippen molar-refractivity contribution in [1.82, 2.24) is 20.1 Å². The number of ether oxygens (including phenoxy) is 1. The monoisotopic (exact) mass is 468 g/mol. The Morgan fingerprint density at radius 2 is 1.91 bits per heavy atom. The van der Waals surface area contributed by atoms with Crippen molar-refractivity contribution < 1.29 is 9.53 Å². The molecule has 1 saturated heterocycles. The SMILES string of the molecule is O=C(NC1CC1)[C@H](Sc1nnc(-c2ccc(Cl)cc2)n1C[C@H]1CCCO1)c1ccccc1. The molecule has 2 heterocycles. The fourth-order valence-electron chi connectivity index (χ4n) is 3.86. The van der Waals surface area contributed by atoms with Crippen LogP contribution in [0.4, 0.5) is 0 Å². The number of hydrogen-bond acceptors (Lipinski definition) is 5. The summed E-state index contributed by atoms with van der Waals surface area (Å²) in [6.07, 6.45) is 4.28. The van der Waals surface area contributed by atoms with Crippen molar-refractivity contribution >= 4 is 29.3 Å². The molecule has 1 aromatic heterocycles. The van der Waals surface area contributed by atoms with E-state index >= 15 is 0 Å². The maximum absolute atomic E-state index is 13.1. The molecule has 0 spiro atoms. The van der Waals surface area contributed by atoms with Gasteiger partial charge in [0.1, 0.15) is 5.25 Å². The van der Waals surface area contributed by atoms with E-state index in [1.54, 1.807) is 0 Å². The molecule has 0 unspecified atom stereocenters. The van der Waals surface area contributed by atoms with Gasteiger partial charge >= 0.3 is 0 Å². The van der Waals surface area contributed by atoms with Gasteiger partial charge in [-0.1, -0.05) is 53.7 Å². The van der Waals surface area contributed by atoms with Gasteiger partial charge in [-0.05, 0) is 55.5 Å². The zero-order valence-electron chi connectivity index (χ0n) is 17.6. The quantitative estimate of drug-likeness (QED) is 0.477. The number of halogens is 1. The summed E-state index contributed by atoms with van der Waals surface area (Å²) in [5.41, 5.74) is 1.89. The van der Waals surface area contributed by atoms with Crippen LogP contribution in [0.3, 0.4) is 0 Å². The molecule has 2 aliphatic rings. The van der Waals surface area contributed by atoms with E-state index in [0.717, 1.165) is 49.2 Å². The molecule has 0 bridgehead atoms. The third kappa shape index (κ3) is 5.00. The first-order valence-corrected chi connectivity index (χ1v) is 12.3. The minimum atomic E-state index is -0.401. The highest BCUT2D eigenvalue weighted by atomic mass is 35.5. The van der Waals surface area contributed by atoms with Crippen LogP contribution in [-0.2, 0) is 16.1 Å². The topological polar surface area (TPSA) is 69.0 Å². The van der Waals surface area contributed by atoms with Gasteiger partial charge in [0.05, 0.1) is 12.6 Å². The Balaban J connectivity index is 1.48. The summed E-state index contributed by atoms with van der Waals surface area (Å²) in [5, 5.41) is 13.1. The van der Waals surface area contributed by atoms with E-state index in [2.05, 4.69) is 20.1 Å². The second-order valence-electron chi connectivity index (χ2n) is 8.25. The minimum absolute atomic E-state index is 0.0170. The Morgan fingerprint density at radius 1 is 1.12 bits per heavy atom. The third-order valence-corrected chi connectivity index (χ3v) is 7.20. The highest BCUT2D eigenvalue weighted by molar-refractivity contribution is 8.00. The molecule has 1 amide bonds. The smallest absolute Gasteiger partial charge is 0.238 e. The van der Waals surface area contributed by atoms with Crippen molar-refractivity contribution in [2.24, 2.45) is 0 Å². The molecule has 1 saturated carbocycles. The van der Waals surface area contributed by atoms with Crippen molar-refractivity contribution in [3.05, 3.63) is 65.2 Å². The van der Waals surface area contributed by atoms with Crippen molar-refractivity contribution in [3.63, 3.8) is 0 Å². The van der Waals surface area contributed by atoms with E-state index < -0.39 is 5.25 Å². The summed E-state index contributed by atoms with van der Waals surface area (Å²) >= 11 is 7.53. The highest BCUT2D eigenvalue weighted by Gasteiger charge is 2.31. The number of carbonyl (C=O) groups is 1. The van der Waals surface area contributed by atoms with Crippen molar-refractivity contribution in [1.29, 1.82) is 0 Å². The third-order valence-electron chi connectivity index (χ3n) is 5.72. The van der Waals surface area contributed by atoms with E-state index in [1.807, 2.05) is 54.6 Å². The van der Waals surface area contributed by atoms with Crippen LogP contribution in [-0.4, -0.2) is 39.4 Å². The summed E-state index contributed by atoms with van der Waals surface area (Å²) in [7, 11) is 0. The number of amides is 1. The molecule has 0 radical (unpaired) electrons. The number of hydrogen-bond donors (Lipinski definition) is 1. The van der Waals surface area contributed by atoms with Crippen LogP contribution in [0, 0.1) is 0 Å². The van der Waals surface area contributed by atoms with E-state index in [-0.39, 0.29) is 12.0 Å². The molecule has 6 nitrogen and oxygen atoms in total. The zero-order valence-corrected chi connectivity index (χ0v) is 19.2. The van der Waals surface area contributed by atoms with Crippen LogP contribution in [0.1, 0.15) is 36.5 Å². The number of thioether (sulfide) groups is 1.